The van der Waals surface area contributed by atoms with Gasteiger partial charge in [0, 0.05) is 11.6 Å². The summed E-state index contributed by atoms with van der Waals surface area (Å²) in [6.45, 7) is 6.20. The summed E-state index contributed by atoms with van der Waals surface area (Å²) in [6, 6.07) is 0. The molecule has 8 heavy (non-hydrogen) atoms. The van der Waals surface area contributed by atoms with Gasteiger partial charge >= 0.3 is 0 Å². The van der Waals surface area contributed by atoms with Crippen molar-refractivity contribution in [2.45, 2.75) is 20.8 Å². The van der Waals surface area contributed by atoms with Crippen LogP contribution in [0.15, 0.2) is 5.16 Å². The van der Waals surface area contributed by atoms with Gasteiger partial charge in [-0.25, -0.2) is 0 Å². The van der Waals surface area contributed by atoms with Crippen molar-refractivity contribution in [3.8, 4) is 0 Å². The van der Waals surface area contributed by atoms with Gasteiger partial charge in [0.1, 0.15) is 7.11 Å². The van der Waals surface area contributed by atoms with E-state index in [1.165, 1.54) is 0 Å². The molecule has 0 aromatic carbocycles. The zero-order valence-electron chi connectivity index (χ0n) is 5.93. The van der Waals surface area contributed by atoms with Crippen molar-refractivity contribution in [3.63, 3.8) is 0 Å². The molecule has 0 rings (SSSR count). The molecule has 0 saturated heterocycles. The minimum atomic E-state index is 0.135. The van der Waals surface area contributed by atoms with E-state index in [4.69, 9.17) is 0 Å². The summed E-state index contributed by atoms with van der Waals surface area (Å²) in [6.07, 6.45) is 1.77. The number of oxime groups is 1. The Balaban J connectivity index is 3.52. The Morgan fingerprint density at radius 2 is 1.88 bits per heavy atom. The maximum Gasteiger partial charge on any atom is 0.106 e. The first-order valence-electron chi connectivity index (χ1n) is 2.64. The van der Waals surface area contributed by atoms with E-state index in [2.05, 4.69) is 30.8 Å². The molecule has 0 unspecified atom stereocenters. The van der Waals surface area contributed by atoms with Crippen LogP contribution in [0, 0.1) is 5.41 Å². The van der Waals surface area contributed by atoms with Crippen LogP contribution in [0.1, 0.15) is 20.8 Å². The van der Waals surface area contributed by atoms with Crippen molar-refractivity contribution in [2.75, 3.05) is 7.11 Å². The molecule has 0 N–H and O–H groups in total. The Hall–Kier alpha value is -0.530. The van der Waals surface area contributed by atoms with Crippen LogP contribution in [-0.4, -0.2) is 13.3 Å². The van der Waals surface area contributed by atoms with Crippen molar-refractivity contribution in [1.82, 2.24) is 0 Å². The molecule has 0 spiro atoms. The van der Waals surface area contributed by atoms with Crippen LogP contribution >= 0.6 is 0 Å². The Bertz CT molecular complexity index is 81.0. The first-order valence-corrected chi connectivity index (χ1v) is 2.64. The zero-order valence-corrected chi connectivity index (χ0v) is 5.93. The topological polar surface area (TPSA) is 21.6 Å². The van der Waals surface area contributed by atoms with E-state index in [1.807, 2.05) is 0 Å². The first-order chi connectivity index (χ1) is 3.56. The second kappa shape index (κ2) is 2.70. The minimum Gasteiger partial charge on any atom is -0.399 e. The third kappa shape index (κ3) is 5.47. The average molecular weight is 115 g/mol. The third-order valence-corrected chi connectivity index (χ3v) is 0.545. The molecule has 0 amide bonds. The Kier molecular flexibility index (Phi) is 2.52. The predicted molar refractivity (Wildman–Crippen MR) is 35.0 cm³/mol. The molecule has 48 valence electrons. The van der Waals surface area contributed by atoms with Crippen molar-refractivity contribution in [1.29, 1.82) is 0 Å². The summed E-state index contributed by atoms with van der Waals surface area (Å²) in [4.78, 5) is 4.49. The van der Waals surface area contributed by atoms with Gasteiger partial charge in [0.05, 0.1) is 0 Å². The summed E-state index contributed by atoms with van der Waals surface area (Å²) in [5.41, 5.74) is 0.135. The fourth-order valence-electron chi connectivity index (χ4n) is 0.211. The van der Waals surface area contributed by atoms with Gasteiger partial charge in [-0.15, -0.1) is 0 Å². The van der Waals surface area contributed by atoms with Gasteiger partial charge in [0.15, 0.2) is 0 Å². The lowest BCUT2D eigenvalue weighted by Crippen LogP contribution is -2.05. The van der Waals surface area contributed by atoms with Gasteiger partial charge in [-0.3, -0.25) is 0 Å². The number of hydrogen-bond acceptors (Lipinski definition) is 2. The van der Waals surface area contributed by atoms with Crippen molar-refractivity contribution in [3.05, 3.63) is 0 Å². The monoisotopic (exact) mass is 115 g/mol. The molecule has 0 aliphatic rings. The van der Waals surface area contributed by atoms with Crippen LogP contribution in [0.25, 0.3) is 0 Å². The van der Waals surface area contributed by atoms with Gasteiger partial charge < -0.3 is 4.84 Å². The standard InChI is InChI=1S/C6H13NO/c1-6(2,3)5-7-8-4/h5H,1-4H3/b7-5-. The highest BCUT2D eigenvalue weighted by Gasteiger charge is 2.04. The second-order valence-corrected chi connectivity index (χ2v) is 2.78. The number of nitrogens with zero attached hydrogens (tertiary/aromatic N) is 1. The zero-order chi connectivity index (χ0) is 6.62. The molecule has 0 fully saturated rings. The third-order valence-electron chi connectivity index (χ3n) is 0.545. The molecule has 0 aliphatic heterocycles. The Morgan fingerprint density at radius 1 is 1.38 bits per heavy atom. The van der Waals surface area contributed by atoms with Crippen molar-refractivity contribution >= 4 is 6.21 Å². The van der Waals surface area contributed by atoms with Crippen LogP contribution in [-0.2, 0) is 4.84 Å². The fourth-order valence-corrected chi connectivity index (χ4v) is 0.211. The lowest BCUT2D eigenvalue weighted by molar-refractivity contribution is 0.212. The fraction of sp³-hybridized carbons (Fsp3) is 0.833. The van der Waals surface area contributed by atoms with Crippen molar-refractivity contribution < 1.29 is 4.84 Å². The summed E-state index contributed by atoms with van der Waals surface area (Å²) in [5, 5.41) is 3.62. The van der Waals surface area contributed by atoms with Gasteiger partial charge in [-0.05, 0) is 0 Å². The highest BCUT2D eigenvalue weighted by Crippen LogP contribution is 2.07. The maximum atomic E-state index is 4.49. The molecule has 0 saturated carbocycles. The van der Waals surface area contributed by atoms with E-state index in [0.717, 1.165) is 0 Å². The quantitative estimate of drug-likeness (QED) is 0.376. The summed E-state index contributed by atoms with van der Waals surface area (Å²) < 4.78 is 0. The van der Waals surface area contributed by atoms with E-state index in [1.54, 1.807) is 13.3 Å². The minimum absolute atomic E-state index is 0.135. The Morgan fingerprint density at radius 3 is 2.00 bits per heavy atom. The molecule has 0 aliphatic carbocycles. The molecule has 2 heteroatoms. The number of rotatable bonds is 1. The van der Waals surface area contributed by atoms with Gasteiger partial charge in [-0.1, -0.05) is 25.9 Å². The van der Waals surface area contributed by atoms with E-state index in [-0.39, 0.29) is 5.41 Å². The lowest BCUT2D eigenvalue weighted by Gasteiger charge is -2.07. The van der Waals surface area contributed by atoms with Gasteiger partial charge in [-0.2, -0.15) is 0 Å². The molecule has 0 aromatic heterocycles. The van der Waals surface area contributed by atoms with Crippen LogP contribution in [0.3, 0.4) is 0 Å². The lowest BCUT2D eigenvalue weighted by atomic mass is 10.00. The van der Waals surface area contributed by atoms with Crippen LogP contribution in [0.5, 0.6) is 0 Å². The first kappa shape index (κ1) is 7.47. The van der Waals surface area contributed by atoms with Crippen molar-refractivity contribution in [2.24, 2.45) is 10.6 Å². The molecule has 0 aromatic rings. The maximum absolute atomic E-state index is 4.49. The highest BCUT2D eigenvalue weighted by molar-refractivity contribution is 5.63. The van der Waals surface area contributed by atoms with E-state index in [9.17, 15) is 0 Å². The van der Waals surface area contributed by atoms with E-state index in [0.29, 0.717) is 0 Å². The van der Waals surface area contributed by atoms with Crippen LogP contribution < -0.4 is 0 Å². The van der Waals surface area contributed by atoms with Gasteiger partial charge in [0.25, 0.3) is 0 Å². The molecule has 2 nitrogen and oxygen atoms in total. The SMILES string of the molecule is CO/N=C\C(C)(C)C. The molecule has 0 heterocycles. The highest BCUT2D eigenvalue weighted by atomic mass is 16.6. The summed E-state index contributed by atoms with van der Waals surface area (Å²) in [5.74, 6) is 0. The molecule has 0 radical (unpaired) electrons. The van der Waals surface area contributed by atoms with E-state index >= 15 is 0 Å². The summed E-state index contributed by atoms with van der Waals surface area (Å²) in [7, 11) is 1.54. The molecule has 0 atom stereocenters. The van der Waals surface area contributed by atoms with Crippen LogP contribution in [0.4, 0.5) is 0 Å². The normalized spacial score (nSPS) is 12.5. The predicted octanol–water partition coefficient (Wildman–Crippen LogP) is 1.66. The smallest absolute Gasteiger partial charge is 0.106 e. The molecular weight excluding hydrogens is 102 g/mol. The van der Waals surface area contributed by atoms with Crippen LogP contribution in [0.2, 0.25) is 0 Å². The van der Waals surface area contributed by atoms with Gasteiger partial charge in [0.2, 0.25) is 0 Å². The average Bonchev–Trinajstić information content (AvgIpc) is 1.59. The second-order valence-electron chi connectivity index (χ2n) is 2.78. The number of hydrogen-bond donors (Lipinski definition) is 0. The summed E-state index contributed by atoms with van der Waals surface area (Å²) >= 11 is 0. The largest absolute Gasteiger partial charge is 0.399 e. The van der Waals surface area contributed by atoms with E-state index < -0.39 is 0 Å². The Labute approximate surface area is 50.5 Å². The molecular formula is C6H13NO. The molecule has 0 bridgehead atoms.